The van der Waals surface area contributed by atoms with Gasteiger partial charge in [-0.1, -0.05) is 18.1 Å². The monoisotopic (exact) mass is 551 g/mol. The number of amides is 4. The lowest BCUT2D eigenvalue weighted by atomic mass is 10.1. The Hall–Kier alpha value is -4.30. The molecule has 0 bridgehead atoms. The second-order valence-corrected chi connectivity index (χ2v) is 9.77. The predicted octanol–water partition coefficient (Wildman–Crippen LogP) is 2.33. The average molecular weight is 552 g/mol. The van der Waals surface area contributed by atoms with Gasteiger partial charge in [0.05, 0.1) is 17.7 Å². The lowest BCUT2D eigenvalue weighted by Crippen LogP contribution is -2.43. The molecule has 2 aromatic rings. The number of fused-ring (bicyclic) bond motifs is 1. The minimum absolute atomic E-state index is 0.248. The number of carbonyl (C=O) groups excluding carboxylic acids is 4. The van der Waals surface area contributed by atoms with Crippen molar-refractivity contribution in [2.45, 2.75) is 36.3 Å². The first kappa shape index (κ1) is 29.3. The lowest BCUT2D eigenvalue weighted by molar-refractivity contribution is -0.136. The number of hydrogen-bond donors (Lipinski definition) is 3. The van der Waals surface area contributed by atoms with E-state index in [2.05, 4.69) is 22.5 Å². The third-order valence-electron chi connectivity index (χ3n) is 5.71. The molecule has 10 nitrogen and oxygen atoms in total. The van der Waals surface area contributed by atoms with Gasteiger partial charge in [-0.05, 0) is 62.6 Å². The summed E-state index contributed by atoms with van der Waals surface area (Å²) in [7, 11) is 0. The Labute approximate surface area is 230 Å². The lowest BCUT2D eigenvalue weighted by Gasteiger charge is -2.14. The number of aliphatic carboxylic acids is 1. The van der Waals surface area contributed by atoms with E-state index < -0.39 is 41.4 Å². The maximum absolute atomic E-state index is 12.3. The quantitative estimate of drug-likeness (QED) is 0.141. The van der Waals surface area contributed by atoms with Crippen LogP contribution in [0.2, 0.25) is 0 Å². The summed E-state index contributed by atoms with van der Waals surface area (Å²) < 4.78 is 5.46. The summed E-state index contributed by atoms with van der Waals surface area (Å²) in [6, 6.07) is 13.5. The van der Waals surface area contributed by atoms with Gasteiger partial charge in [0.1, 0.15) is 24.2 Å². The molecule has 2 aromatic carbocycles. The van der Waals surface area contributed by atoms with Crippen LogP contribution in [-0.2, 0) is 14.4 Å². The molecule has 1 aliphatic heterocycles. The topological polar surface area (TPSA) is 142 Å². The van der Waals surface area contributed by atoms with Crippen molar-refractivity contribution >= 4 is 41.4 Å². The second kappa shape index (κ2) is 14.6. The molecule has 0 aliphatic carbocycles. The van der Waals surface area contributed by atoms with Gasteiger partial charge in [0.15, 0.2) is 0 Å². The minimum Gasteiger partial charge on any atom is -0.481 e. The van der Waals surface area contributed by atoms with Crippen molar-refractivity contribution in [3.63, 3.8) is 0 Å². The molecule has 3 rings (SSSR count). The van der Waals surface area contributed by atoms with Crippen LogP contribution in [0.25, 0.3) is 0 Å². The molecule has 1 unspecified atom stereocenters. The van der Waals surface area contributed by atoms with Crippen LogP contribution in [0, 0.1) is 11.8 Å². The zero-order chi connectivity index (χ0) is 28.2. The normalized spacial score (nSPS) is 12.7. The molecule has 0 saturated carbocycles. The van der Waals surface area contributed by atoms with Crippen LogP contribution in [0.1, 0.15) is 46.9 Å². The molecule has 1 heterocycles. The molecule has 4 amide bonds. The standard InChI is InChI=1S/C28H29N3O7S/c1-2-3-16-38-19-11-13-20(14-12-19)39-23(28(36)37)10-6-7-15-29-24(32)17-30-25(33)18-31-26(34)21-8-4-5-9-22(21)27(31)35/h4-5,8-9,11-14,23H,6-7,10,15-18H2,1H3,(H,29,32)(H,30,33)(H,36,37). The molecule has 3 N–H and O–H groups in total. The van der Waals surface area contributed by atoms with Crippen LogP contribution in [0.4, 0.5) is 0 Å². The number of nitrogens with one attached hydrogen (secondary N) is 2. The third kappa shape index (κ3) is 8.61. The van der Waals surface area contributed by atoms with Gasteiger partial charge in [-0.15, -0.1) is 17.7 Å². The van der Waals surface area contributed by atoms with Crippen molar-refractivity contribution in [1.29, 1.82) is 0 Å². The van der Waals surface area contributed by atoms with E-state index in [0.717, 1.165) is 9.80 Å². The maximum atomic E-state index is 12.3. The Bertz CT molecular complexity index is 1250. The molecular formula is C28H29N3O7S. The Morgan fingerprint density at radius 2 is 1.64 bits per heavy atom. The van der Waals surface area contributed by atoms with Gasteiger partial charge in [0.2, 0.25) is 11.8 Å². The van der Waals surface area contributed by atoms with Gasteiger partial charge in [0, 0.05) is 11.4 Å². The fourth-order valence-corrected chi connectivity index (χ4v) is 4.72. The number of rotatable bonds is 14. The van der Waals surface area contributed by atoms with Crippen LogP contribution in [0.15, 0.2) is 53.4 Å². The van der Waals surface area contributed by atoms with Crippen LogP contribution in [0.5, 0.6) is 5.75 Å². The average Bonchev–Trinajstić information content (AvgIpc) is 3.16. The van der Waals surface area contributed by atoms with E-state index in [9.17, 15) is 29.1 Å². The second-order valence-electron chi connectivity index (χ2n) is 8.50. The van der Waals surface area contributed by atoms with Crippen LogP contribution >= 0.6 is 11.8 Å². The molecule has 0 saturated heterocycles. The van der Waals surface area contributed by atoms with Gasteiger partial charge < -0.3 is 20.5 Å². The molecule has 1 atom stereocenters. The zero-order valence-electron chi connectivity index (χ0n) is 21.4. The number of thioether (sulfide) groups is 1. The first-order valence-corrected chi connectivity index (χ1v) is 13.2. The third-order valence-corrected chi connectivity index (χ3v) is 6.97. The van der Waals surface area contributed by atoms with Crippen LogP contribution in [0.3, 0.4) is 0 Å². The summed E-state index contributed by atoms with van der Waals surface area (Å²) >= 11 is 1.25. The van der Waals surface area contributed by atoms with Crippen LogP contribution < -0.4 is 15.4 Å². The van der Waals surface area contributed by atoms with Crippen LogP contribution in [-0.4, -0.2) is 71.1 Å². The Kier molecular flexibility index (Phi) is 10.9. The smallest absolute Gasteiger partial charge is 0.316 e. The van der Waals surface area contributed by atoms with Crippen molar-refractivity contribution in [1.82, 2.24) is 15.5 Å². The van der Waals surface area contributed by atoms with E-state index in [4.69, 9.17) is 4.74 Å². The van der Waals surface area contributed by atoms with E-state index in [-0.39, 0.29) is 17.7 Å². The molecule has 0 radical (unpaired) electrons. The first-order valence-electron chi connectivity index (χ1n) is 12.3. The largest absolute Gasteiger partial charge is 0.481 e. The van der Waals surface area contributed by atoms with E-state index in [1.807, 2.05) is 0 Å². The van der Waals surface area contributed by atoms with E-state index in [0.29, 0.717) is 38.2 Å². The molecule has 0 fully saturated rings. The number of carboxylic acids is 1. The highest BCUT2D eigenvalue weighted by Gasteiger charge is 2.36. The molecule has 39 heavy (non-hydrogen) atoms. The summed E-state index contributed by atoms with van der Waals surface area (Å²) in [6.45, 7) is 1.56. The van der Waals surface area contributed by atoms with Crippen molar-refractivity contribution in [3.8, 4) is 17.6 Å². The van der Waals surface area contributed by atoms with Crippen molar-refractivity contribution < 1.29 is 33.8 Å². The number of nitrogens with zero attached hydrogens (tertiary/aromatic N) is 1. The summed E-state index contributed by atoms with van der Waals surface area (Å²) in [5, 5.41) is 14.0. The number of carbonyl (C=O) groups is 5. The molecule has 204 valence electrons. The maximum Gasteiger partial charge on any atom is 0.316 e. The number of ether oxygens (including phenoxy) is 1. The summed E-state index contributed by atoms with van der Waals surface area (Å²) in [5.41, 5.74) is 0.496. The summed E-state index contributed by atoms with van der Waals surface area (Å²) in [6.07, 6.45) is 1.55. The van der Waals surface area contributed by atoms with Crippen molar-refractivity contribution in [2.24, 2.45) is 0 Å². The van der Waals surface area contributed by atoms with Gasteiger partial charge in [-0.3, -0.25) is 28.9 Å². The zero-order valence-corrected chi connectivity index (χ0v) is 22.2. The molecule has 1 aliphatic rings. The van der Waals surface area contributed by atoms with Gasteiger partial charge in [0.25, 0.3) is 11.8 Å². The first-order chi connectivity index (χ1) is 18.8. The van der Waals surface area contributed by atoms with E-state index >= 15 is 0 Å². The van der Waals surface area contributed by atoms with Gasteiger partial charge in [-0.25, -0.2) is 0 Å². The fraction of sp³-hybridized carbons (Fsp3) is 0.321. The fourth-order valence-electron chi connectivity index (χ4n) is 3.71. The molecule has 0 spiro atoms. The van der Waals surface area contributed by atoms with E-state index in [1.165, 1.54) is 23.9 Å². The highest BCUT2D eigenvalue weighted by molar-refractivity contribution is 8.00. The Balaban J connectivity index is 1.32. The number of hydrogen-bond acceptors (Lipinski definition) is 7. The molecule has 0 aromatic heterocycles. The number of imide groups is 1. The molecular weight excluding hydrogens is 522 g/mol. The Morgan fingerprint density at radius 3 is 2.26 bits per heavy atom. The van der Waals surface area contributed by atoms with Gasteiger partial charge in [-0.2, -0.15) is 0 Å². The SMILES string of the molecule is CC#CCOc1ccc(SC(CCCCNC(=O)CNC(=O)CN2C(=O)c3ccccc3C2=O)C(=O)O)cc1. The predicted molar refractivity (Wildman–Crippen MR) is 144 cm³/mol. The van der Waals surface area contributed by atoms with Gasteiger partial charge >= 0.3 is 5.97 Å². The minimum atomic E-state index is -0.914. The van der Waals surface area contributed by atoms with Crippen molar-refractivity contribution in [2.75, 3.05) is 26.2 Å². The highest BCUT2D eigenvalue weighted by Crippen LogP contribution is 2.28. The summed E-state index contributed by atoms with van der Waals surface area (Å²) in [5.74, 6) is 3.15. The number of unbranched alkanes of at least 4 members (excludes halogenated alkanes) is 1. The van der Waals surface area contributed by atoms with Crippen molar-refractivity contribution in [3.05, 3.63) is 59.7 Å². The molecule has 11 heteroatoms. The number of carboxylic acid groups (broad SMARTS) is 1. The van der Waals surface area contributed by atoms with E-state index in [1.54, 1.807) is 43.3 Å². The Morgan fingerprint density at radius 1 is 0.974 bits per heavy atom. The summed E-state index contributed by atoms with van der Waals surface area (Å²) in [4.78, 5) is 62.2. The highest BCUT2D eigenvalue weighted by atomic mass is 32.2. The number of benzene rings is 2.